The van der Waals surface area contributed by atoms with E-state index in [1.807, 2.05) is 6.92 Å². The van der Waals surface area contributed by atoms with Crippen molar-refractivity contribution >= 4 is 17.8 Å². The van der Waals surface area contributed by atoms with Crippen LogP contribution in [0.15, 0.2) is 11.6 Å². The molecular formula is C11H15NO4. The van der Waals surface area contributed by atoms with Crippen LogP contribution in [0.2, 0.25) is 0 Å². The zero-order valence-electron chi connectivity index (χ0n) is 9.40. The summed E-state index contributed by atoms with van der Waals surface area (Å²) < 4.78 is 0. The van der Waals surface area contributed by atoms with Crippen molar-refractivity contribution in [2.45, 2.75) is 26.7 Å². The number of rotatable bonds is 5. The van der Waals surface area contributed by atoms with Crippen LogP contribution in [0, 0.1) is 5.92 Å². The molecule has 5 nitrogen and oxygen atoms in total. The molecule has 0 aromatic carbocycles. The van der Waals surface area contributed by atoms with Gasteiger partial charge in [-0.1, -0.05) is 6.92 Å². The molecule has 1 unspecified atom stereocenters. The topological polar surface area (TPSA) is 74.7 Å². The molecule has 1 heterocycles. The molecule has 16 heavy (non-hydrogen) atoms. The van der Waals surface area contributed by atoms with Crippen LogP contribution in [-0.2, 0) is 14.4 Å². The van der Waals surface area contributed by atoms with E-state index in [-0.39, 0.29) is 24.2 Å². The smallest absolute Gasteiger partial charge is 0.303 e. The quantitative estimate of drug-likeness (QED) is 0.702. The van der Waals surface area contributed by atoms with Gasteiger partial charge in [0.05, 0.1) is 0 Å². The molecule has 1 aliphatic heterocycles. The van der Waals surface area contributed by atoms with E-state index < -0.39 is 5.97 Å². The van der Waals surface area contributed by atoms with Crippen LogP contribution in [0.3, 0.4) is 0 Å². The van der Waals surface area contributed by atoms with Crippen LogP contribution in [0.1, 0.15) is 26.7 Å². The van der Waals surface area contributed by atoms with Gasteiger partial charge in [-0.2, -0.15) is 0 Å². The molecule has 0 saturated heterocycles. The van der Waals surface area contributed by atoms with E-state index in [0.29, 0.717) is 18.5 Å². The Balaban J connectivity index is 2.46. The molecule has 0 radical (unpaired) electrons. The summed E-state index contributed by atoms with van der Waals surface area (Å²) in [5.41, 5.74) is 0.440. The summed E-state index contributed by atoms with van der Waals surface area (Å²) in [5.74, 6) is -1.43. The first-order valence-corrected chi connectivity index (χ1v) is 5.17. The van der Waals surface area contributed by atoms with Crippen LogP contribution >= 0.6 is 0 Å². The van der Waals surface area contributed by atoms with Crippen molar-refractivity contribution in [2.24, 2.45) is 5.92 Å². The predicted molar refractivity (Wildman–Crippen MR) is 56.5 cm³/mol. The number of hydrogen-bond donors (Lipinski definition) is 1. The van der Waals surface area contributed by atoms with E-state index in [9.17, 15) is 14.4 Å². The summed E-state index contributed by atoms with van der Waals surface area (Å²) >= 11 is 0. The van der Waals surface area contributed by atoms with Crippen molar-refractivity contribution in [1.82, 2.24) is 4.90 Å². The van der Waals surface area contributed by atoms with Crippen molar-refractivity contribution in [3.8, 4) is 0 Å². The lowest BCUT2D eigenvalue weighted by molar-refractivity contribution is -0.137. The molecule has 0 aromatic rings. The summed E-state index contributed by atoms with van der Waals surface area (Å²) in [5, 5.41) is 8.51. The molecule has 0 aliphatic carbocycles. The summed E-state index contributed by atoms with van der Waals surface area (Å²) in [6.45, 7) is 3.72. The van der Waals surface area contributed by atoms with Gasteiger partial charge in [0.2, 0.25) is 0 Å². The normalized spacial score (nSPS) is 17.6. The van der Waals surface area contributed by atoms with Gasteiger partial charge < -0.3 is 5.11 Å². The predicted octanol–water partition coefficient (Wildman–Crippen LogP) is 0.802. The van der Waals surface area contributed by atoms with Gasteiger partial charge in [-0.25, -0.2) is 0 Å². The van der Waals surface area contributed by atoms with Gasteiger partial charge in [0, 0.05) is 24.6 Å². The Bertz CT molecular complexity index is 359. The minimum Gasteiger partial charge on any atom is -0.481 e. The van der Waals surface area contributed by atoms with Crippen molar-refractivity contribution in [3.63, 3.8) is 0 Å². The maximum atomic E-state index is 11.5. The Morgan fingerprint density at radius 3 is 2.56 bits per heavy atom. The summed E-state index contributed by atoms with van der Waals surface area (Å²) in [6.07, 6.45) is 1.83. The van der Waals surface area contributed by atoms with E-state index in [0.717, 1.165) is 0 Å². The molecule has 1 atom stereocenters. The number of carboxylic acids is 1. The second-order valence-corrected chi connectivity index (χ2v) is 4.12. The molecule has 0 aromatic heterocycles. The summed E-state index contributed by atoms with van der Waals surface area (Å²) in [7, 11) is 0. The zero-order chi connectivity index (χ0) is 12.3. The monoisotopic (exact) mass is 225 g/mol. The van der Waals surface area contributed by atoms with E-state index in [4.69, 9.17) is 5.11 Å². The second kappa shape index (κ2) is 4.92. The fourth-order valence-electron chi connectivity index (χ4n) is 1.58. The van der Waals surface area contributed by atoms with Gasteiger partial charge in [-0.05, 0) is 19.3 Å². The van der Waals surface area contributed by atoms with E-state index in [1.165, 1.54) is 11.0 Å². The van der Waals surface area contributed by atoms with E-state index >= 15 is 0 Å². The number of aliphatic carboxylic acids is 1. The van der Waals surface area contributed by atoms with Crippen molar-refractivity contribution in [1.29, 1.82) is 0 Å². The Morgan fingerprint density at radius 1 is 1.50 bits per heavy atom. The van der Waals surface area contributed by atoms with Crippen molar-refractivity contribution in [3.05, 3.63) is 11.6 Å². The molecule has 0 spiro atoms. The average molecular weight is 225 g/mol. The largest absolute Gasteiger partial charge is 0.481 e. The maximum absolute atomic E-state index is 11.5. The van der Waals surface area contributed by atoms with E-state index in [2.05, 4.69) is 0 Å². The minimum absolute atomic E-state index is 0.00306. The van der Waals surface area contributed by atoms with Crippen LogP contribution in [0.5, 0.6) is 0 Å². The van der Waals surface area contributed by atoms with Crippen molar-refractivity contribution < 1.29 is 19.5 Å². The minimum atomic E-state index is -0.861. The fourth-order valence-corrected chi connectivity index (χ4v) is 1.58. The Morgan fingerprint density at radius 2 is 2.12 bits per heavy atom. The number of carbonyl (C=O) groups is 3. The third-order valence-electron chi connectivity index (χ3n) is 2.53. The maximum Gasteiger partial charge on any atom is 0.303 e. The van der Waals surface area contributed by atoms with Crippen LogP contribution < -0.4 is 0 Å². The van der Waals surface area contributed by atoms with Crippen LogP contribution in [0.4, 0.5) is 0 Å². The highest BCUT2D eigenvalue weighted by Crippen LogP contribution is 2.16. The number of carboxylic acid groups (broad SMARTS) is 1. The highest BCUT2D eigenvalue weighted by atomic mass is 16.4. The number of nitrogens with zero attached hydrogens (tertiary/aromatic N) is 1. The highest BCUT2D eigenvalue weighted by Gasteiger charge is 2.29. The molecule has 88 valence electrons. The van der Waals surface area contributed by atoms with Crippen molar-refractivity contribution in [2.75, 3.05) is 6.54 Å². The Kier molecular flexibility index (Phi) is 3.82. The first-order chi connectivity index (χ1) is 7.41. The number of imide groups is 1. The van der Waals surface area contributed by atoms with E-state index in [1.54, 1.807) is 6.92 Å². The lowest BCUT2D eigenvalue weighted by Gasteiger charge is -2.18. The first kappa shape index (κ1) is 12.4. The number of amides is 2. The third-order valence-corrected chi connectivity index (χ3v) is 2.53. The van der Waals surface area contributed by atoms with Gasteiger partial charge >= 0.3 is 5.97 Å². The fraction of sp³-hybridized carbons (Fsp3) is 0.545. The molecule has 0 bridgehead atoms. The Hall–Kier alpha value is -1.65. The summed E-state index contributed by atoms with van der Waals surface area (Å²) in [4.78, 5) is 34.4. The first-order valence-electron chi connectivity index (χ1n) is 5.17. The SMILES string of the molecule is CC1=CC(=O)N(CC(C)CCC(=O)O)C1=O. The zero-order valence-corrected chi connectivity index (χ0v) is 9.40. The highest BCUT2D eigenvalue weighted by molar-refractivity contribution is 6.15. The summed E-state index contributed by atoms with van der Waals surface area (Å²) in [6, 6.07) is 0. The van der Waals surface area contributed by atoms with Crippen LogP contribution in [-0.4, -0.2) is 34.3 Å². The molecule has 5 heteroatoms. The van der Waals surface area contributed by atoms with Gasteiger partial charge in [-0.3, -0.25) is 19.3 Å². The standard InChI is InChI=1S/C11H15NO4/c1-7(3-4-10(14)15)6-12-9(13)5-8(2)11(12)16/h5,7H,3-4,6H2,1-2H3,(H,14,15). The number of carbonyl (C=O) groups excluding carboxylic acids is 2. The average Bonchev–Trinajstić information content (AvgIpc) is 2.42. The second-order valence-electron chi connectivity index (χ2n) is 4.12. The lowest BCUT2D eigenvalue weighted by atomic mass is 10.1. The number of hydrogen-bond acceptors (Lipinski definition) is 3. The molecule has 1 aliphatic rings. The molecular weight excluding hydrogens is 210 g/mol. The van der Waals surface area contributed by atoms with Crippen LogP contribution in [0.25, 0.3) is 0 Å². The van der Waals surface area contributed by atoms with Gasteiger partial charge in [0.15, 0.2) is 0 Å². The molecule has 0 saturated carbocycles. The van der Waals surface area contributed by atoms with Gasteiger partial charge in [-0.15, -0.1) is 0 Å². The molecule has 0 fully saturated rings. The van der Waals surface area contributed by atoms with Gasteiger partial charge in [0.25, 0.3) is 11.8 Å². The van der Waals surface area contributed by atoms with Gasteiger partial charge in [0.1, 0.15) is 0 Å². The third kappa shape index (κ3) is 2.92. The Labute approximate surface area is 93.7 Å². The molecule has 1 N–H and O–H groups in total. The molecule has 2 amide bonds. The molecule has 1 rings (SSSR count). The lowest BCUT2D eigenvalue weighted by Crippen LogP contribution is -2.34.